The fourth-order valence-electron chi connectivity index (χ4n) is 0.983. The lowest BCUT2D eigenvalue weighted by Gasteiger charge is -2.14. The first kappa shape index (κ1) is 16.7. The van der Waals surface area contributed by atoms with E-state index in [0.29, 0.717) is 13.2 Å². The van der Waals surface area contributed by atoms with E-state index in [0.717, 1.165) is 19.5 Å². The van der Waals surface area contributed by atoms with Crippen molar-refractivity contribution in [3.63, 3.8) is 0 Å². The molecular weight excluding hydrogens is 192 g/mol. The van der Waals surface area contributed by atoms with Gasteiger partial charge < -0.3 is 15.0 Å². The van der Waals surface area contributed by atoms with Gasteiger partial charge in [0.05, 0.1) is 0 Å². The Morgan fingerprint density at radius 1 is 1.27 bits per heavy atom. The smallest absolute Gasteiger partial charge is 0.407 e. The zero-order valence-electron chi connectivity index (χ0n) is 10.8. The van der Waals surface area contributed by atoms with Gasteiger partial charge in [-0.2, -0.15) is 0 Å². The molecule has 0 atom stereocenters. The van der Waals surface area contributed by atoms with Crippen LogP contribution in [0.2, 0.25) is 0 Å². The van der Waals surface area contributed by atoms with E-state index >= 15 is 0 Å². The van der Waals surface area contributed by atoms with Gasteiger partial charge in [0.2, 0.25) is 0 Å². The number of ether oxygens (including phenoxy) is 1. The van der Waals surface area contributed by atoms with Gasteiger partial charge in [0.1, 0.15) is 6.61 Å². The molecule has 15 heavy (non-hydrogen) atoms. The number of hydrogen-bond donors (Lipinski definition) is 1. The Morgan fingerprint density at radius 2 is 1.87 bits per heavy atom. The van der Waals surface area contributed by atoms with Crippen molar-refractivity contribution in [3.8, 4) is 0 Å². The van der Waals surface area contributed by atoms with Crippen molar-refractivity contribution in [2.24, 2.45) is 0 Å². The summed E-state index contributed by atoms with van der Waals surface area (Å²) in [6.07, 6.45) is 0.796. The zero-order chi connectivity index (χ0) is 12.1. The molecule has 0 heterocycles. The maximum Gasteiger partial charge on any atom is 0.407 e. The summed E-state index contributed by atoms with van der Waals surface area (Å²) in [6, 6.07) is 0. The highest BCUT2D eigenvalue weighted by molar-refractivity contribution is 5.66. The van der Waals surface area contributed by atoms with Gasteiger partial charge in [-0.1, -0.05) is 20.8 Å². The van der Waals surface area contributed by atoms with Crippen molar-refractivity contribution >= 4 is 6.09 Å². The van der Waals surface area contributed by atoms with Crippen LogP contribution in [0, 0.1) is 0 Å². The molecule has 0 saturated carbocycles. The highest BCUT2D eigenvalue weighted by Gasteiger charge is 2.00. The van der Waals surface area contributed by atoms with Gasteiger partial charge in [0.15, 0.2) is 0 Å². The number of hydrogen-bond acceptors (Lipinski definition) is 3. The van der Waals surface area contributed by atoms with E-state index in [2.05, 4.69) is 17.1 Å². The Hall–Kier alpha value is -0.770. The molecule has 1 amide bonds. The van der Waals surface area contributed by atoms with Crippen LogP contribution in [-0.4, -0.2) is 44.3 Å². The van der Waals surface area contributed by atoms with Gasteiger partial charge >= 0.3 is 6.09 Å². The summed E-state index contributed by atoms with van der Waals surface area (Å²) in [6.45, 7) is 10.9. The van der Waals surface area contributed by atoms with Crippen molar-refractivity contribution < 1.29 is 9.53 Å². The molecule has 4 nitrogen and oxygen atoms in total. The monoisotopic (exact) mass is 218 g/mol. The largest absolute Gasteiger partial charge is 0.448 e. The third-order valence-corrected chi connectivity index (χ3v) is 1.63. The lowest BCUT2D eigenvalue weighted by atomic mass is 10.4. The summed E-state index contributed by atoms with van der Waals surface area (Å²) in [4.78, 5) is 13.0. The van der Waals surface area contributed by atoms with Crippen molar-refractivity contribution in [2.45, 2.75) is 34.1 Å². The van der Waals surface area contributed by atoms with Crippen molar-refractivity contribution in [1.82, 2.24) is 10.2 Å². The molecule has 92 valence electrons. The van der Waals surface area contributed by atoms with E-state index in [1.807, 2.05) is 27.8 Å². The van der Waals surface area contributed by atoms with E-state index in [1.165, 1.54) is 0 Å². The summed E-state index contributed by atoms with van der Waals surface area (Å²) in [5.74, 6) is 0. The van der Waals surface area contributed by atoms with Crippen LogP contribution in [0.15, 0.2) is 0 Å². The molecule has 0 saturated heterocycles. The minimum atomic E-state index is -0.326. The maximum atomic E-state index is 10.8. The molecule has 0 rings (SSSR count). The highest BCUT2D eigenvalue weighted by atomic mass is 16.5. The average Bonchev–Trinajstić information content (AvgIpc) is 2.21. The Balaban J connectivity index is 0. The number of nitrogens with one attached hydrogen (secondary N) is 1. The van der Waals surface area contributed by atoms with Crippen LogP contribution < -0.4 is 5.32 Å². The second kappa shape index (κ2) is 13.2. The van der Waals surface area contributed by atoms with Crippen LogP contribution >= 0.6 is 0 Å². The number of nitrogens with zero attached hydrogens (tertiary/aromatic N) is 1. The predicted molar refractivity (Wildman–Crippen MR) is 64.2 cm³/mol. The topological polar surface area (TPSA) is 41.6 Å². The van der Waals surface area contributed by atoms with Crippen LogP contribution in [0.5, 0.6) is 0 Å². The molecule has 0 aromatic heterocycles. The highest BCUT2D eigenvalue weighted by Crippen LogP contribution is 1.86. The number of carbonyl (C=O) groups is 1. The fourth-order valence-corrected chi connectivity index (χ4v) is 0.983. The molecule has 0 fully saturated rings. The normalized spacial score (nSPS) is 9.20. The van der Waals surface area contributed by atoms with Crippen LogP contribution in [-0.2, 0) is 4.74 Å². The molecule has 0 radical (unpaired) electrons. The second-order valence-electron chi connectivity index (χ2n) is 2.97. The predicted octanol–water partition coefficient (Wildman–Crippen LogP) is 2.10. The van der Waals surface area contributed by atoms with Gasteiger partial charge in [0.25, 0.3) is 0 Å². The van der Waals surface area contributed by atoms with Gasteiger partial charge in [-0.05, 0) is 26.9 Å². The van der Waals surface area contributed by atoms with Crippen LogP contribution in [0.4, 0.5) is 4.79 Å². The second-order valence-corrected chi connectivity index (χ2v) is 2.97. The lowest BCUT2D eigenvalue weighted by Crippen LogP contribution is -2.29. The number of carbonyl (C=O) groups excluding carboxylic acids is 1. The maximum absolute atomic E-state index is 10.8. The first-order chi connectivity index (χ1) is 7.20. The van der Waals surface area contributed by atoms with Gasteiger partial charge in [-0.3, -0.25) is 0 Å². The number of alkyl carbamates (subject to hydrolysis) is 1. The van der Waals surface area contributed by atoms with E-state index in [4.69, 9.17) is 4.74 Å². The molecule has 4 heteroatoms. The van der Waals surface area contributed by atoms with E-state index in [-0.39, 0.29) is 6.09 Å². The van der Waals surface area contributed by atoms with Gasteiger partial charge in [0, 0.05) is 13.1 Å². The summed E-state index contributed by atoms with van der Waals surface area (Å²) < 4.78 is 4.91. The van der Waals surface area contributed by atoms with E-state index in [9.17, 15) is 4.79 Å². The lowest BCUT2D eigenvalue weighted by molar-refractivity contribution is 0.133. The van der Waals surface area contributed by atoms with E-state index < -0.39 is 0 Å². The first-order valence-electron chi connectivity index (χ1n) is 5.79. The van der Waals surface area contributed by atoms with E-state index in [1.54, 1.807) is 0 Å². The number of rotatable bonds is 6. The zero-order valence-corrected chi connectivity index (χ0v) is 10.8. The van der Waals surface area contributed by atoms with Gasteiger partial charge in [-0.15, -0.1) is 0 Å². The standard InChI is InChI=1S/C9H20N2O2.C2H6/c1-4-6-11(3)7-8-13-9(12)10-5-2;1-2/h4-8H2,1-3H3,(H,10,12);1-2H3. The number of amides is 1. The summed E-state index contributed by atoms with van der Waals surface area (Å²) in [7, 11) is 2.02. The summed E-state index contributed by atoms with van der Waals surface area (Å²) >= 11 is 0. The minimum Gasteiger partial charge on any atom is -0.448 e. The first-order valence-corrected chi connectivity index (χ1v) is 5.79. The van der Waals surface area contributed by atoms with Crippen LogP contribution in [0.1, 0.15) is 34.1 Å². The van der Waals surface area contributed by atoms with Gasteiger partial charge in [-0.25, -0.2) is 4.79 Å². The average molecular weight is 218 g/mol. The number of likely N-dealkylation sites (N-methyl/N-ethyl adjacent to an activating group) is 1. The van der Waals surface area contributed by atoms with Crippen molar-refractivity contribution in [2.75, 3.05) is 33.3 Å². The molecule has 0 aliphatic carbocycles. The fraction of sp³-hybridized carbons (Fsp3) is 0.909. The molecule has 1 N–H and O–H groups in total. The Labute approximate surface area is 94.0 Å². The molecule has 0 aromatic carbocycles. The Morgan fingerprint density at radius 3 is 2.33 bits per heavy atom. The van der Waals surface area contributed by atoms with Crippen LogP contribution in [0.25, 0.3) is 0 Å². The molecule has 0 unspecified atom stereocenters. The SMILES string of the molecule is CC.CCCN(C)CCOC(=O)NCC. The quantitative estimate of drug-likeness (QED) is 0.742. The molecular formula is C11H26N2O2. The van der Waals surface area contributed by atoms with Crippen molar-refractivity contribution in [1.29, 1.82) is 0 Å². The van der Waals surface area contributed by atoms with Crippen LogP contribution in [0.3, 0.4) is 0 Å². The van der Waals surface area contributed by atoms with Crippen molar-refractivity contribution in [3.05, 3.63) is 0 Å². The third kappa shape index (κ3) is 13.2. The molecule has 0 aliphatic heterocycles. The minimum absolute atomic E-state index is 0.326. The molecule has 0 bridgehead atoms. The Kier molecular flexibility index (Phi) is 14.7. The molecule has 0 aliphatic rings. The Bertz CT molecular complexity index is 141. The molecule has 0 aromatic rings. The summed E-state index contributed by atoms with van der Waals surface area (Å²) in [5, 5.41) is 2.57. The molecule has 0 spiro atoms. The summed E-state index contributed by atoms with van der Waals surface area (Å²) in [5.41, 5.74) is 0. The third-order valence-electron chi connectivity index (χ3n) is 1.63.